The highest BCUT2D eigenvalue weighted by molar-refractivity contribution is 8.01. The first-order valence-corrected chi connectivity index (χ1v) is 10.2. The predicted octanol–water partition coefficient (Wildman–Crippen LogP) is -0.000500. The molecule has 2 aromatic rings. The molecule has 2 amide bonds. The van der Waals surface area contributed by atoms with Crippen molar-refractivity contribution in [2.75, 3.05) is 13.2 Å². The number of rotatable bonds is 7. The second-order valence-electron chi connectivity index (χ2n) is 7.54. The molecule has 2 aliphatic heterocycles. The first kappa shape index (κ1) is 19.6. The van der Waals surface area contributed by atoms with Gasteiger partial charge >= 0.3 is 0 Å². The van der Waals surface area contributed by atoms with E-state index in [4.69, 9.17) is 10.5 Å². The van der Waals surface area contributed by atoms with Crippen molar-refractivity contribution < 1.29 is 14.3 Å². The van der Waals surface area contributed by atoms with Gasteiger partial charge in [0.15, 0.2) is 5.82 Å². The maximum atomic E-state index is 12.8. The molecule has 0 spiro atoms. The Bertz CT molecular complexity index is 905. The third kappa shape index (κ3) is 3.67. The number of nitrogens with zero attached hydrogens (tertiary/aromatic N) is 4. The number of hydrogen-bond acceptors (Lipinski definition) is 8. The molecule has 11 heteroatoms. The van der Waals surface area contributed by atoms with Crippen molar-refractivity contribution in [1.29, 1.82) is 0 Å². The Balaban J connectivity index is 1.40. The zero-order valence-electron chi connectivity index (χ0n) is 16.2. The van der Waals surface area contributed by atoms with Crippen molar-refractivity contribution in [3.8, 4) is 5.75 Å². The van der Waals surface area contributed by atoms with Gasteiger partial charge in [-0.05, 0) is 31.5 Å². The lowest BCUT2D eigenvalue weighted by molar-refractivity contribution is -0.151. The zero-order chi connectivity index (χ0) is 20.6. The summed E-state index contributed by atoms with van der Waals surface area (Å²) in [4.78, 5) is 27.1. The number of H-pyrrole nitrogens is 1. The molecule has 0 saturated carbocycles. The molecule has 3 heterocycles. The molecule has 0 radical (unpaired) electrons. The molecule has 10 nitrogen and oxygen atoms in total. The summed E-state index contributed by atoms with van der Waals surface area (Å²) in [7, 11) is 0. The van der Waals surface area contributed by atoms with Gasteiger partial charge in [-0.1, -0.05) is 17.3 Å². The van der Waals surface area contributed by atoms with Gasteiger partial charge in [-0.2, -0.15) is 5.21 Å². The van der Waals surface area contributed by atoms with Gasteiger partial charge in [-0.25, -0.2) is 0 Å². The van der Waals surface area contributed by atoms with Crippen LogP contribution in [0.3, 0.4) is 0 Å². The van der Waals surface area contributed by atoms with Crippen LogP contribution in [-0.2, 0) is 16.0 Å². The SMILES string of the molecule is CC1(C)S[C@H]2C(NC(=O)Cc3cccc(OCCN)c3)C(=O)N2C1c1nn[nH]n1. The summed E-state index contributed by atoms with van der Waals surface area (Å²) in [6.07, 6.45) is 0.165. The first-order valence-electron chi connectivity index (χ1n) is 9.35. The zero-order valence-corrected chi connectivity index (χ0v) is 17.0. The lowest BCUT2D eigenvalue weighted by atomic mass is 9.95. The predicted molar refractivity (Wildman–Crippen MR) is 106 cm³/mol. The number of fused-ring (bicyclic) bond motifs is 1. The van der Waals surface area contributed by atoms with Crippen LogP contribution in [0.4, 0.5) is 0 Å². The van der Waals surface area contributed by atoms with E-state index in [9.17, 15) is 9.59 Å². The van der Waals surface area contributed by atoms with Crippen molar-refractivity contribution >= 4 is 23.6 Å². The van der Waals surface area contributed by atoms with Crippen LogP contribution in [0.25, 0.3) is 0 Å². The summed E-state index contributed by atoms with van der Waals surface area (Å²) in [5.41, 5.74) is 6.26. The fourth-order valence-electron chi connectivity index (χ4n) is 3.78. The van der Waals surface area contributed by atoms with E-state index < -0.39 is 6.04 Å². The molecular weight excluding hydrogens is 394 g/mol. The summed E-state index contributed by atoms with van der Waals surface area (Å²) in [5, 5.41) is 16.9. The molecule has 1 aromatic heterocycles. The second kappa shape index (κ2) is 7.64. The number of nitrogens with one attached hydrogen (secondary N) is 2. The average molecular weight is 417 g/mol. The van der Waals surface area contributed by atoms with Crippen LogP contribution in [0, 0.1) is 0 Å². The molecule has 0 bridgehead atoms. The smallest absolute Gasteiger partial charge is 0.249 e. The van der Waals surface area contributed by atoms with E-state index in [0.717, 1.165) is 5.56 Å². The third-order valence-electron chi connectivity index (χ3n) is 5.01. The Hall–Kier alpha value is -2.66. The van der Waals surface area contributed by atoms with Gasteiger partial charge in [0.05, 0.1) is 6.42 Å². The van der Waals surface area contributed by atoms with E-state index in [2.05, 4.69) is 25.9 Å². The van der Waals surface area contributed by atoms with E-state index in [1.807, 2.05) is 38.1 Å². The number of aromatic nitrogens is 4. The largest absolute Gasteiger partial charge is 0.492 e. The van der Waals surface area contributed by atoms with Crippen LogP contribution in [0.15, 0.2) is 24.3 Å². The Morgan fingerprint density at radius 3 is 3.00 bits per heavy atom. The minimum absolute atomic E-state index is 0.128. The molecule has 4 rings (SSSR count). The van der Waals surface area contributed by atoms with E-state index in [1.54, 1.807) is 16.7 Å². The normalized spacial score (nSPS) is 24.7. The summed E-state index contributed by atoms with van der Waals surface area (Å²) in [6.45, 7) is 4.91. The first-order chi connectivity index (χ1) is 13.9. The minimum atomic E-state index is -0.555. The molecule has 2 saturated heterocycles. The Morgan fingerprint density at radius 2 is 2.28 bits per heavy atom. The summed E-state index contributed by atoms with van der Waals surface area (Å²) in [5.74, 6) is 0.816. The highest BCUT2D eigenvalue weighted by atomic mass is 32.2. The molecule has 2 aliphatic rings. The fourth-order valence-corrected chi connectivity index (χ4v) is 5.41. The maximum absolute atomic E-state index is 12.8. The number of carbonyl (C=O) groups excluding carboxylic acids is 2. The van der Waals surface area contributed by atoms with E-state index in [-0.39, 0.29) is 34.4 Å². The monoisotopic (exact) mass is 417 g/mol. The number of hydrogen-bond donors (Lipinski definition) is 3. The Kier molecular flexibility index (Phi) is 5.17. The van der Waals surface area contributed by atoms with Gasteiger partial charge in [0.2, 0.25) is 11.8 Å². The van der Waals surface area contributed by atoms with Crippen molar-refractivity contribution in [2.45, 2.75) is 42.5 Å². The molecule has 2 unspecified atom stereocenters. The van der Waals surface area contributed by atoms with Crippen molar-refractivity contribution in [3.63, 3.8) is 0 Å². The van der Waals surface area contributed by atoms with E-state index in [1.165, 1.54) is 0 Å². The number of benzene rings is 1. The van der Waals surface area contributed by atoms with Crippen molar-refractivity contribution in [1.82, 2.24) is 30.8 Å². The standard InChI is InChI=1S/C18H23N7O3S/c1-18(2)14(15-21-23-24-22-15)25-16(27)13(17(25)29-18)20-12(26)9-10-4-3-5-11(8-10)28-7-6-19/h3-5,8,13-14,17H,6-7,9,19H2,1-2H3,(H,20,26)(H,21,22,23,24)/t13?,14?,17-/m0/s1. The Labute approximate surface area is 171 Å². The van der Waals surface area contributed by atoms with Crippen LogP contribution in [0.2, 0.25) is 0 Å². The van der Waals surface area contributed by atoms with E-state index >= 15 is 0 Å². The Morgan fingerprint density at radius 1 is 1.45 bits per heavy atom. The summed E-state index contributed by atoms with van der Waals surface area (Å²) < 4.78 is 5.20. The minimum Gasteiger partial charge on any atom is -0.492 e. The molecule has 29 heavy (non-hydrogen) atoms. The molecule has 3 atom stereocenters. The highest BCUT2D eigenvalue weighted by Crippen LogP contribution is 2.56. The van der Waals surface area contributed by atoms with Crippen LogP contribution in [0.5, 0.6) is 5.75 Å². The number of amides is 2. The highest BCUT2D eigenvalue weighted by Gasteiger charge is 2.63. The van der Waals surface area contributed by atoms with Gasteiger partial charge in [0, 0.05) is 11.3 Å². The van der Waals surface area contributed by atoms with Gasteiger partial charge < -0.3 is 20.7 Å². The maximum Gasteiger partial charge on any atom is 0.249 e. The lowest BCUT2D eigenvalue weighted by Crippen LogP contribution is -2.68. The average Bonchev–Trinajstić information content (AvgIpc) is 3.29. The number of tetrazole rings is 1. The van der Waals surface area contributed by atoms with Gasteiger partial charge in [0.1, 0.15) is 29.8 Å². The van der Waals surface area contributed by atoms with Crippen molar-refractivity contribution in [2.24, 2.45) is 5.73 Å². The van der Waals surface area contributed by atoms with Gasteiger partial charge in [-0.3, -0.25) is 9.59 Å². The quantitative estimate of drug-likeness (QED) is 0.535. The van der Waals surface area contributed by atoms with Crippen LogP contribution >= 0.6 is 11.8 Å². The van der Waals surface area contributed by atoms with E-state index in [0.29, 0.717) is 24.7 Å². The number of nitrogens with two attached hydrogens (primary N) is 1. The van der Waals surface area contributed by atoms with Crippen molar-refractivity contribution in [3.05, 3.63) is 35.7 Å². The number of thioether (sulfide) groups is 1. The molecule has 2 fully saturated rings. The topological polar surface area (TPSA) is 139 Å². The lowest BCUT2D eigenvalue weighted by Gasteiger charge is -2.44. The summed E-state index contributed by atoms with van der Waals surface area (Å²) in [6, 6.07) is 6.47. The second-order valence-corrected chi connectivity index (χ2v) is 9.31. The molecule has 0 aliphatic carbocycles. The summed E-state index contributed by atoms with van der Waals surface area (Å²) >= 11 is 1.63. The van der Waals surface area contributed by atoms with Crippen LogP contribution in [-0.4, -0.2) is 66.7 Å². The van der Waals surface area contributed by atoms with Crippen LogP contribution in [0.1, 0.15) is 31.3 Å². The van der Waals surface area contributed by atoms with Gasteiger partial charge in [0.25, 0.3) is 0 Å². The molecule has 1 aromatic carbocycles. The molecule has 4 N–H and O–H groups in total. The van der Waals surface area contributed by atoms with Gasteiger partial charge in [-0.15, -0.1) is 22.0 Å². The molecular formula is C18H23N7O3S. The number of ether oxygens (including phenoxy) is 1. The molecule has 154 valence electrons. The number of carbonyl (C=O) groups is 2. The third-order valence-corrected chi connectivity index (χ3v) is 6.59. The van der Waals surface area contributed by atoms with Crippen LogP contribution < -0.4 is 15.8 Å². The number of aromatic amines is 1. The number of β-lactam (4-membered cyclic amide) rings is 1. The fraction of sp³-hybridized carbons (Fsp3) is 0.500.